The van der Waals surface area contributed by atoms with Crippen molar-refractivity contribution in [3.05, 3.63) is 70.3 Å². The fourth-order valence-corrected chi connectivity index (χ4v) is 5.93. The van der Waals surface area contributed by atoms with E-state index in [1.165, 1.54) is 6.08 Å². The quantitative estimate of drug-likeness (QED) is 0.378. The number of halogens is 1. The van der Waals surface area contributed by atoms with Crippen LogP contribution in [0.2, 0.25) is 0 Å². The van der Waals surface area contributed by atoms with Crippen molar-refractivity contribution in [1.29, 1.82) is 5.26 Å². The summed E-state index contributed by atoms with van der Waals surface area (Å²) in [6, 6.07) is 16.4. The number of nitriles is 1. The molecule has 34 heavy (non-hydrogen) atoms. The number of nitrogens with zero attached hydrogens (tertiary/aromatic N) is 3. The van der Waals surface area contributed by atoms with Gasteiger partial charge in [0.05, 0.1) is 28.8 Å². The standard InChI is InChI=1S/C24H21BrN4O4S/c1-33-22-8-7-16(12-21(22)25)23-18(14-29(28-23)20-5-3-2-4-6-20)11-17(13-26)24(30)27-19-9-10-34(31,32)15-19/h2-8,11-12,14,19H,9-10,15H2,1H3,(H,27,30)/b17-11+/t19-/m0/s1. The predicted octanol–water partition coefficient (Wildman–Crippen LogP) is 3.52. The average Bonchev–Trinajstić information content (AvgIpc) is 3.40. The van der Waals surface area contributed by atoms with Gasteiger partial charge in [-0.3, -0.25) is 4.79 Å². The van der Waals surface area contributed by atoms with E-state index >= 15 is 0 Å². The number of nitrogens with one attached hydrogen (secondary N) is 1. The molecule has 10 heteroatoms. The Hall–Kier alpha value is -3.42. The second-order valence-electron chi connectivity index (χ2n) is 7.81. The molecule has 1 N–H and O–H groups in total. The zero-order valence-electron chi connectivity index (χ0n) is 18.2. The fraction of sp³-hybridized carbons (Fsp3) is 0.208. The van der Waals surface area contributed by atoms with Crippen LogP contribution in [0.3, 0.4) is 0 Å². The summed E-state index contributed by atoms with van der Waals surface area (Å²) in [6.45, 7) is 0. The molecule has 8 nitrogen and oxygen atoms in total. The highest BCUT2D eigenvalue weighted by Crippen LogP contribution is 2.32. The van der Waals surface area contributed by atoms with Crippen LogP contribution in [0.4, 0.5) is 0 Å². The van der Waals surface area contributed by atoms with Crippen molar-refractivity contribution >= 4 is 37.8 Å². The highest BCUT2D eigenvalue weighted by Gasteiger charge is 2.29. The van der Waals surface area contributed by atoms with Gasteiger partial charge >= 0.3 is 0 Å². The number of aromatic nitrogens is 2. The van der Waals surface area contributed by atoms with Crippen LogP contribution < -0.4 is 10.1 Å². The van der Waals surface area contributed by atoms with Crippen LogP contribution in [-0.2, 0) is 14.6 Å². The third-order valence-electron chi connectivity index (χ3n) is 5.42. The number of para-hydroxylation sites is 1. The predicted molar refractivity (Wildman–Crippen MR) is 132 cm³/mol. The van der Waals surface area contributed by atoms with Crippen LogP contribution in [0.1, 0.15) is 12.0 Å². The molecule has 1 amide bonds. The second-order valence-corrected chi connectivity index (χ2v) is 10.9. The summed E-state index contributed by atoms with van der Waals surface area (Å²) in [6.07, 6.45) is 3.55. The van der Waals surface area contributed by atoms with E-state index in [2.05, 4.69) is 21.2 Å². The topological polar surface area (TPSA) is 114 Å². The van der Waals surface area contributed by atoms with Crippen molar-refractivity contribution in [3.63, 3.8) is 0 Å². The number of sulfone groups is 1. The molecule has 174 valence electrons. The number of hydrogen-bond donors (Lipinski definition) is 1. The van der Waals surface area contributed by atoms with Gasteiger partial charge in [0, 0.05) is 23.4 Å². The minimum atomic E-state index is -3.16. The van der Waals surface area contributed by atoms with Crippen molar-refractivity contribution in [2.24, 2.45) is 0 Å². The molecule has 0 saturated carbocycles. The molecule has 2 aromatic carbocycles. The van der Waals surface area contributed by atoms with E-state index in [-0.39, 0.29) is 17.1 Å². The largest absolute Gasteiger partial charge is 0.496 e. The molecule has 1 aromatic heterocycles. The molecule has 1 fully saturated rings. The number of hydrogen-bond acceptors (Lipinski definition) is 6. The summed E-state index contributed by atoms with van der Waals surface area (Å²) in [4.78, 5) is 12.8. The Kier molecular flexibility index (Phi) is 6.86. The van der Waals surface area contributed by atoms with Crippen molar-refractivity contribution in [2.75, 3.05) is 18.6 Å². The number of amides is 1. The van der Waals surface area contributed by atoms with Crippen molar-refractivity contribution in [2.45, 2.75) is 12.5 Å². The maximum Gasteiger partial charge on any atom is 0.262 e. The van der Waals surface area contributed by atoms with Gasteiger partial charge in [-0.2, -0.15) is 10.4 Å². The van der Waals surface area contributed by atoms with Crippen molar-refractivity contribution < 1.29 is 17.9 Å². The number of benzene rings is 2. The van der Waals surface area contributed by atoms with Gasteiger partial charge in [0.1, 0.15) is 23.1 Å². The summed E-state index contributed by atoms with van der Waals surface area (Å²) in [5, 5.41) is 17.1. The minimum Gasteiger partial charge on any atom is -0.496 e. The third kappa shape index (κ3) is 5.21. The van der Waals surface area contributed by atoms with Gasteiger partial charge in [-0.1, -0.05) is 18.2 Å². The molecule has 2 heterocycles. The molecule has 0 radical (unpaired) electrons. The van der Waals surface area contributed by atoms with Crippen LogP contribution >= 0.6 is 15.9 Å². The highest BCUT2D eigenvalue weighted by molar-refractivity contribution is 9.10. The van der Waals surface area contributed by atoms with Crippen molar-refractivity contribution in [3.8, 4) is 28.8 Å². The highest BCUT2D eigenvalue weighted by atomic mass is 79.9. The first kappa shape index (κ1) is 23.7. The Labute approximate surface area is 205 Å². The van der Waals surface area contributed by atoms with Gasteiger partial charge in [-0.25, -0.2) is 13.1 Å². The molecule has 1 saturated heterocycles. The Morgan fingerprint density at radius 3 is 2.68 bits per heavy atom. The summed E-state index contributed by atoms with van der Waals surface area (Å²) < 4.78 is 31.1. The first-order valence-corrected chi connectivity index (χ1v) is 13.0. The number of methoxy groups -OCH3 is 1. The lowest BCUT2D eigenvalue weighted by Crippen LogP contribution is -2.36. The maximum absolute atomic E-state index is 12.8. The van der Waals surface area contributed by atoms with Crippen LogP contribution in [0.5, 0.6) is 5.75 Å². The van der Waals surface area contributed by atoms with E-state index in [0.717, 1.165) is 15.7 Å². The Morgan fingerprint density at radius 1 is 1.29 bits per heavy atom. The van der Waals surface area contributed by atoms with E-state index in [0.29, 0.717) is 23.4 Å². The Morgan fingerprint density at radius 2 is 2.06 bits per heavy atom. The minimum absolute atomic E-state index is 0.0316. The molecule has 1 aliphatic heterocycles. The molecule has 4 rings (SSSR count). The van der Waals surface area contributed by atoms with Gasteiger partial charge in [0.2, 0.25) is 0 Å². The molecule has 1 aliphatic rings. The molecular weight excluding hydrogens is 520 g/mol. The van der Waals surface area contributed by atoms with Gasteiger partial charge in [0.25, 0.3) is 5.91 Å². The van der Waals surface area contributed by atoms with Crippen LogP contribution in [-0.4, -0.2) is 48.8 Å². The van der Waals surface area contributed by atoms with Crippen LogP contribution in [0, 0.1) is 11.3 Å². The first-order chi connectivity index (χ1) is 16.3. The molecule has 0 aliphatic carbocycles. The molecule has 1 atom stereocenters. The van der Waals surface area contributed by atoms with Crippen LogP contribution in [0.15, 0.2) is 64.8 Å². The normalized spacial score (nSPS) is 17.2. The lowest BCUT2D eigenvalue weighted by Gasteiger charge is -2.10. The van der Waals surface area contributed by atoms with E-state index < -0.39 is 21.8 Å². The molecule has 0 spiro atoms. The molecule has 3 aromatic rings. The van der Waals surface area contributed by atoms with E-state index in [1.54, 1.807) is 24.1 Å². The smallest absolute Gasteiger partial charge is 0.262 e. The van der Waals surface area contributed by atoms with Crippen molar-refractivity contribution in [1.82, 2.24) is 15.1 Å². The number of carbonyl (C=O) groups is 1. The number of rotatable bonds is 6. The van der Waals surface area contributed by atoms with Gasteiger partial charge in [-0.15, -0.1) is 0 Å². The van der Waals surface area contributed by atoms with Gasteiger partial charge in [0.15, 0.2) is 9.84 Å². The Balaban J connectivity index is 1.73. The summed E-state index contributed by atoms with van der Waals surface area (Å²) in [5.74, 6) is -0.0378. The van der Waals surface area contributed by atoms with E-state index in [4.69, 9.17) is 9.84 Å². The van der Waals surface area contributed by atoms with Gasteiger partial charge in [-0.05, 0) is 58.8 Å². The third-order valence-corrected chi connectivity index (χ3v) is 7.81. The lowest BCUT2D eigenvalue weighted by atomic mass is 10.1. The monoisotopic (exact) mass is 540 g/mol. The van der Waals surface area contributed by atoms with Crippen LogP contribution in [0.25, 0.3) is 23.0 Å². The summed E-state index contributed by atoms with van der Waals surface area (Å²) >= 11 is 3.49. The Bertz CT molecular complexity index is 1410. The first-order valence-electron chi connectivity index (χ1n) is 10.4. The van der Waals surface area contributed by atoms with E-state index in [1.807, 2.05) is 48.5 Å². The summed E-state index contributed by atoms with van der Waals surface area (Å²) in [7, 11) is -1.58. The average molecular weight is 541 g/mol. The van der Waals surface area contributed by atoms with E-state index in [9.17, 15) is 18.5 Å². The number of carbonyl (C=O) groups excluding carboxylic acids is 1. The molecule has 0 bridgehead atoms. The maximum atomic E-state index is 12.8. The second kappa shape index (κ2) is 9.83. The zero-order valence-corrected chi connectivity index (χ0v) is 20.6. The fourth-order valence-electron chi connectivity index (χ4n) is 3.72. The number of ether oxygens (including phenoxy) is 1. The molecule has 0 unspecified atom stereocenters. The summed E-state index contributed by atoms with van der Waals surface area (Å²) in [5.41, 5.74) is 2.57. The van der Waals surface area contributed by atoms with Gasteiger partial charge < -0.3 is 10.1 Å². The lowest BCUT2D eigenvalue weighted by molar-refractivity contribution is -0.117. The molecular formula is C24H21BrN4O4S. The zero-order chi connectivity index (χ0) is 24.3. The SMILES string of the molecule is COc1ccc(-c2nn(-c3ccccc3)cc2/C=C(\C#N)C(=O)N[C@H]2CCS(=O)(=O)C2)cc1Br.